The van der Waals surface area contributed by atoms with Gasteiger partial charge in [0, 0.05) is 13.1 Å². The Morgan fingerprint density at radius 3 is 2.48 bits per heavy atom. The lowest BCUT2D eigenvalue weighted by molar-refractivity contribution is 0.0986. The molecule has 0 spiro atoms. The lowest BCUT2D eigenvalue weighted by Crippen LogP contribution is -2.41. The average Bonchev–Trinajstić information content (AvgIpc) is 2.64. The number of benzene rings is 1. The predicted octanol–water partition coefficient (Wildman–Crippen LogP) is 3.02. The normalized spacial score (nSPS) is 10.8. The van der Waals surface area contributed by atoms with Gasteiger partial charge in [0.2, 0.25) is 0 Å². The zero-order chi connectivity index (χ0) is 20.0. The summed E-state index contributed by atoms with van der Waals surface area (Å²) in [6, 6.07) is 6.64. The minimum atomic E-state index is -0.679. The Morgan fingerprint density at radius 2 is 1.85 bits per heavy atom. The highest BCUT2D eigenvalue weighted by Crippen LogP contribution is 2.23. The SMILES string of the molecule is CCCCN(C(=O)c1ccccc1Cl)c1c(N)n(CCCC)c(=O)[nH]c1=O. The van der Waals surface area contributed by atoms with Crippen LogP contribution in [0, 0.1) is 0 Å². The number of carbonyl (C=O) groups excluding carboxylic acids is 1. The third kappa shape index (κ3) is 4.60. The molecule has 0 radical (unpaired) electrons. The molecule has 0 saturated carbocycles. The van der Waals surface area contributed by atoms with Crippen molar-refractivity contribution in [2.24, 2.45) is 0 Å². The van der Waals surface area contributed by atoms with E-state index in [-0.39, 0.29) is 17.1 Å². The summed E-state index contributed by atoms with van der Waals surface area (Å²) < 4.78 is 1.30. The van der Waals surface area contributed by atoms with Crippen molar-refractivity contribution in [3.05, 3.63) is 55.7 Å². The minimum absolute atomic E-state index is 0.00583. The maximum Gasteiger partial charge on any atom is 0.330 e. The Labute approximate surface area is 162 Å². The average molecular weight is 393 g/mol. The minimum Gasteiger partial charge on any atom is -0.383 e. The number of unbranched alkanes of at least 4 members (excludes halogenated alkanes) is 2. The molecule has 2 rings (SSSR count). The quantitative estimate of drug-likeness (QED) is 0.720. The summed E-state index contributed by atoms with van der Waals surface area (Å²) in [5.41, 5.74) is 5.18. The number of rotatable bonds is 8. The number of aromatic nitrogens is 2. The number of carbonyl (C=O) groups is 1. The van der Waals surface area contributed by atoms with Crippen LogP contribution in [-0.4, -0.2) is 22.0 Å². The lowest BCUT2D eigenvalue weighted by Gasteiger charge is -2.25. The monoisotopic (exact) mass is 392 g/mol. The van der Waals surface area contributed by atoms with Crippen molar-refractivity contribution in [2.45, 2.75) is 46.1 Å². The number of nitrogens with zero attached hydrogens (tertiary/aromatic N) is 2. The predicted molar refractivity (Wildman–Crippen MR) is 109 cm³/mol. The molecule has 0 atom stereocenters. The van der Waals surface area contributed by atoms with Crippen LogP contribution in [0.15, 0.2) is 33.9 Å². The van der Waals surface area contributed by atoms with Gasteiger partial charge in [0.05, 0.1) is 10.6 Å². The van der Waals surface area contributed by atoms with Crippen LogP contribution in [0.25, 0.3) is 0 Å². The fourth-order valence-electron chi connectivity index (χ4n) is 2.79. The van der Waals surface area contributed by atoms with E-state index in [1.807, 2.05) is 13.8 Å². The zero-order valence-corrected chi connectivity index (χ0v) is 16.4. The number of nitrogens with two attached hydrogens (primary N) is 1. The van der Waals surface area contributed by atoms with Crippen molar-refractivity contribution in [3.63, 3.8) is 0 Å². The van der Waals surface area contributed by atoms with E-state index in [2.05, 4.69) is 4.98 Å². The van der Waals surface area contributed by atoms with Crippen LogP contribution >= 0.6 is 11.6 Å². The van der Waals surface area contributed by atoms with Gasteiger partial charge in [-0.2, -0.15) is 0 Å². The van der Waals surface area contributed by atoms with Crippen molar-refractivity contribution < 1.29 is 4.79 Å². The number of halogens is 1. The second kappa shape index (κ2) is 9.41. The van der Waals surface area contributed by atoms with E-state index in [4.69, 9.17) is 17.3 Å². The molecule has 0 fully saturated rings. The van der Waals surface area contributed by atoms with Crippen LogP contribution in [-0.2, 0) is 6.54 Å². The Bertz CT molecular complexity index is 920. The Kier molecular flexibility index (Phi) is 7.24. The maximum absolute atomic E-state index is 13.1. The Morgan fingerprint density at radius 1 is 1.19 bits per heavy atom. The topological polar surface area (TPSA) is 101 Å². The zero-order valence-electron chi connectivity index (χ0n) is 15.6. The van der Waals surface area contributed by atoms with E-state index < -0.39 is 17.2 Å². The summed E-state index contributed by atoms with van der Waals surface area (Å²) in [4.78, 5) is 41.4. The number of hydrogen-bond donors (Lipinski definition) is 2. The van der Waals surface area contributed by atoms with E-state index in [1.54, 1.807) is 24.3 Å². The van der Waals surface area contributed by atoms with Crippen molar-refractivity contribution in [1.82, 2.24) is 9.55 Å². The standard InChI is InChI=1S/C19H25ClN4O3/c1-3-5-11-23(18(26)13-9-7-8-10-14(13)20)15-16(21)24(12-6-4-2)19(27)22-17(15)25/h7-10H,3-6,11-12,21H2,1-2H3,(H,22,25,27). The van der Waals surface area contributed by atoms with Crippen LogP contribution in [0.4, 0.5) is 11.5 Å². The first-order chi connectivity index (χ1) is 12.9. The molecule has 0 unspecified atom stereocenters. The van der Waals surface area contributed by atoms with Crippen LogP contribution in [0.2, 0.25) is 5.02 Å². The molecule has 0 aliphatic rings. The lowest BCUT2D eigenvalue weighted by atomic mass is 10.1. The summed E-state index contributed by atoms with van der Waals surface area (Å²) in [7, 11) is 0. The molecule has 7 nitrogen and oxygen atoms in total. The van der Waals surface area contributed by atoms with Crippen LogP contribution in [0.1, 0.15) is 49.9 Å². The third-order valence-electron chi connectivity index (χ3n) is 4.30. The van der Waals surface area contributed by atoms with Gasteiger partial charge < -0.3 is 10.6 Å². The molecule has 2 aromatic rings. The molecule has 1 amide bonds. The molecule has 1 aromatic heterocycles. The first-order valence-corrected chi connectivity index (χ1v) is 9.49. The van der Waals surface area contributed by atoms with Gasteiger partial charge in [-0.1, -0.05) is 50.4 Å². The summed E-state index contributed by atoms with van der Waals surface area (Å²) in [6.45, 7) is 4.63. The first-order valence-electron chi connectivity index (χ1n) is 9.11. The van der Waals surface area contributed by atoms with E-state index in [0.29, 0.717) is 24.5 Å². The molecule has 0 aliphatic carbocycles. The molecule has 27 heavy (non-hydrogen) atoms. The molecule has 3 N–H and O–H groups in total. The van der Waals surface area contributed by atoms with E-state index in [0.717, 1.165) is 19.3 Å². The highest BCUT2D eigenvalue weighted by atomic mass is 35.5. The molecule has 1 heterocycles. The van der Waals surface area contributed by atoms with Gasteiger partial charge >= 0.3 is 5.69 Å². The summed E-state index contributed by atoms with van der Waals surface area (Å²) in [6.07, 6.45) is 3.07. The molecule has 8 heteroatoms. The van der Waals surface area contributed by atoms with Gasteiger partial charge in [-0.05, 0) is 25.0 Å². The second-order valence-electron chi connectivity index (χ2n) is 6.29. The van der Waals surface area contributed by atoms with Crippen molar-refractivity contribution in [3.8, 4) is 0 Å². The number of anilines is 2. The Hall–Kier alpha value is -2.54. The summed E-state index contributed by atoms with van der Waals surface area (Å²) >= 11 is 6.17. The molecule has 0 aliphatic heterocycles. The highest BCUT2D eigenvalue weighted by Gasteiger charge is 2.26. The van der Waals surface area contributed by atoms with Crippen molar-refractivity contribution >= 4 is 29.0 Å². The van der Waals surface area contributed by atoms with Crippen molar-refractivity contribution in [2.75, 3.05) is 17.2 Å². The van der Waals surface area contributed by atoms with Crippen LogP contribution < -0.4 is 21.9 Å². The third-order valence-corrected chi connectivity index (χ3v) is 4.63. The van der Waals surface area contributed by atoms with Crippen molar-refractivity contribution in [1.29, 1.82) is 0 Å². The number of aromatic amines is 1. The molecular formula is C19H25ClN4O3. The maximum atomic E-state index is 13.1. The molecule has 1 aromatic carbocycles. The van der Waals surface area contributed by atoms with Gasteiger partial charge in [0.1, 0.15) is 5.82 Å². The molecule has 0 bridgehead atoms. The number of hydrogen-bond acceptors (Lipinski definition) is 4. The van der Waals surface area contributed by atoms with Gasteiger partial charge in [-0.3, -0.25) is 19.1 Å². The summed E-state index contributed by atoms with van der Waals surface area (Å²) in [5.74, 6) is -0.430. The number of nitrogen functional groups attached to an aromatic ring is 1. The van der Waals surface area contributed by atoms with Gasteiger partial charge in [-0.15, -0.1) is 0 Å². The van der Waals surface area contributed by atoms with Gasteiger partial charge in [0.15, 0.2) is 5.69 Å². The van der Waals surface area contributed by atoms with E-state index >= 15 is 0 Å². The number of H-pyrrole nitrogens is 1. The van der Waals surface area contributed by atoms with Gasteiger partial charge in [-0.25, -0.2) is 4.79 Å². The van der Waals surface area contributed by atoms with Crippen LogP contribution in [0.3, 0.4) is 0 Å². The first kappa shape index (κ1) is 20.8. The summed E-state index contributed by atoms with van der Waals surface area (Å²) in [5, 5.41) is 0.290. The molecule has 0 saturated heterocycles. The molecule has 146 valence electrons. The fraction of sp³-hybridized carbons (Fsp3) is 0.421. The number of amides is 1. The second-order valence-corrected chi connectivity index (χ2v) is 6.70. The van der Waals surface area contributed by atoms with Gasteiger partial charge in [0.25, 0.3) is 11.5 Å². The largest absolute Gasteiger partial charge is 0.383 e. The van der Waals surface area contributed by atoms with Crippen LogP contribution in [0.5, 0.6) is 0 Å². The fourth-order valence-corrected chi connectivity index (χ4v) is 3.00. The number of nitrogens with one attached hydrogen (secondary N) is 1. The molecular weight excluding hydrogens is 368 g/mol. The van der Waals surface area contributed by atoms with E-state index in [9.17, 15) is 14.4 Å². The Balaban J connectivity index is 2.60. The smallest absolute Gasteiger partial charge is 0.330 e. The van der Waals surface area contributed by atoms with E-state index in [1.165, 1.54) is 9.47 Å². The highest BCUT2D eigenvalue weighted by molar-refractivity contribution is 6.34.